The summed E-state index contributed by atoms with van der Waals surface area (Å²) in [7, 11) is 0. The molecule has 2 rings (SSSR count). The molecule has 100 valence electrons. The van der Waals surface area contributed by atoms with Crippen molar-refractivity contribution in [2.24, 2.45) is 0 Å². The molecule has 0 spiro atoms. The molecule has 1 aliphatic heterocycles. The Balaban J connectivity index is 2.30. The third kappa shape index (κ3) is 2.29. The Labute approximate surface area is 108 Å². The molecule has 0 aromatic carbocycles. The number of aromatic nitrogens is 1. The van der Waals surface area contributed by atoms with Crippen LogP contribution in [-0.4, -0.2) is 40.2 Å². The van der Waals surface area contributed by atoms with Crippen molar-refractivity contribution >= 4 is 5.97 Å². The van der Waals surface area contributed by atoms with Crippen LogP contribution >= 0.6 is 0 Å². The second-order valence-corrected chi connectivity index (χ2v) is 5.15. The molecule has 4 heteroatoms. The highest BCUT2D eigenvalue weighted by atomic mass is 16.4. The molecular weight excluding hydrogens is 228 g/mol. The van der Waals surface area contributed by atoms with Crippen molar-refractivity contribution < 1.29 is 9.90 Å². The zero-order valence-corrected chi connectivity index (χ0v) is 11.4. The molecule has 0 amide bonds. The zero-order valence-electron chi connectivity index (χ0n) is 11.4. The second-order valence-electron chi connectivity index (χ2n) is 5.15. The molecule has 1 N–H and O–H groups in total. The number of carboxylic acids is 1. The van der Waals surface area contributed by atoms with Crippen molar-refractivity contribution in [2.45, 2.75) is 39.7 Å². The fourth-order valence-electron chi connectivity index (χ4n) is 3.08. The maximum atomic E-state index is 11.2. The SMILES string of the molecule is CCN1CCCC(n2c(C)cc(C(=O)O)c2C)C1. The summed E-state index contributed by atoms with van der Waals surface area (Å²) in [5.74, 6) is -0.822. The number of hydrogen-bond acceptors (Lipinski definition) is 2. The molecule has 0 bridgehead atoms. The minimum atomic E-state index is -0.822. The lowest BCUT2D eigenvalue weighted by atomic mass is 10.0. The van der Waals surface area contributed by atoms with Gasteiger partial charge in [0.05, 0.1) is 5.56 Å². The number of rotatable bonds is 3. The third-order valence-electron chi connectivity index (χ3n) is 4.01. The van der Waals surface area contributed by atoms with Crippen molar-refractivity contribution in [3.8, 4) is 0 Å². The van der Waals surface area contributed by atoms with Gasteiger partial charge in [0.25, 0.3) is 0 Å². The van der Waals surface area contributed by atoms with Gasteiger partial charge in [-0.05, 0) is 45.8 Å². The fraction of sp³-hybridized carbons (Fsp3) is 0.643. The first-order valence-electron chi connectivity index (χ1n) is 6.68. The maximum Gasteiger partial charge on any atom is 0.337 e. The van der Waals surface area contributed by atoms with E-state index < -0.39 is 5.97 Å². The summed E-state index contributed by atoms with van der Waals surface area (Å²) >= 11 is 0. The van der Waals surface area contributed by atoms with Gasteiger partial charge in [-0.2, -0.15) is 0 Å². The van der Waals surface area contributed by atoms with Gasteiger partial charge < -0.3 is 14.6 Å². The monoisotopic (exact) mass is 250 g/mol. The van der Waals surface area contributed by atoms with Crippen LogP contribution in [0.1, 0.15) is 47.6 Å². The highest BCUT2D eigenvalue weighted by Gasteiger charge is 2.24. The van der Waals surface area contributed by atoms with Crippen molar-refractivity contribution in [3.05, 3.63) is 23.0 Å². The Morgan fingerprint density at radius 2 is 2.22 bits per heavy atom. The Bertz CT molecular complexity index is 451. The van der Waals surface area contributed by atoms with Crippen molar-refractivity contribution in [1.29, 1.82) is 0 Å². The number of piperidine rings is 1. The number of carbonyl (C=O) groups is 1. The van der Waals surface area contributed by atoms with E-state index in [1.165, 1.54) is 6.42 Å². The van der Waals surface area contributed by atoms with Gasteiger partial charge in [-0.15, -0.1) is 0 Å². The molecule has 2 heterocycles. The van der Waals surface area contributed by atoms with Crippen LogP contribution in [0.5, 0.6) is 0 Å². The van der Waals surface area contributed by atoms with Crippen LogP contribution in [0.2, 0.25) is 0 Å². The van der Waals surface area contributed by atoms with E-state index >= 15 is 0 Å². The van der Waals surface area contributed by atoms with E-state index in [1.807, 2.05) is 13.8 Å². The largest absolute Gasteiger partial charge is 0.478 e. The number of hydrogen-bond donors (Lipinski definition) is 1. The van der Waals surface area contributed by atoms with Crippen LogP contribution in [-0.2, 0) is 0 Å². The van der Waals surface area contributed by atoms with Gasteiger partial charge >= 0.3 is 5.97 Å². The van der Waals surface area contributed by atoms with E-state index in [0.29, 0.717) is 11.6 Å². The molecule has 1 aliphatic rings. The quantitative estimate of drug-likeness (QED) is 0.896. The summed E-state index contributed by atoms with van der Waals surface area (Å²) in [4.78, 5) is 13.6. The zero-order chi connectivity index (χ0) is 13.3. The van der Waals surface area contributed by atoms with Gasteiger partial charge in [-0.3, -0.25) is 0 Å². The molecular formula is C14H22N2O2. The number of likely N-dealkylation sites (tertiary alicyclic amines) is 1. The molecule has 1 fully saturated rings. The lowest BCUT2D eigenvalue weighted by molar-refractivity contribution is 0.0695. The van der Waals surface area contributed by atoms with E-state index in [0.717, 1.165) is 37.4 Å². The van der Waals surface area contributed by atoms with Gasteiger partial charge in [0.1, 0.15) is 0 Å². The topological polar surface area (TPSA) is 45.5 Å². The first-order chi connectivity index (χ1) is 8.54. The highest BCUT2D eigenvalue weighted by molar-refractivity contribution is 5.89. The molecule has 18 heavy (non-hydrogen) atoms. The van der Waals surface area contributed by atoms with E-state index in [2.05, 4.69) is 16.4 Å². The van der Waals surface area contributed by atoms with E-state index in [9.17, 15) is 9.90 Å². The standard InChI is InChI=1S/C14H22N2O2/c1-4-15-7-5-6-12(9-15)16-10(2)8-13(11(16)3)14(17)18/h8,12H,4-7,9H2,1-3H3,(H,17,18). The van der Waals surface area contributed by atoms with E-state index in [-0.39, 0.29) is 0 Å². The predicted octanol–water partition coefficient (Wildman–Crippen LogP) is 2.46. The highest BCUT2D eigenvalue weighted by Crippen LogP contribution is 2.27. The fourth-order valence-corrected chi connectivity index (χ4v) is 3.08. The molecule has 1 aromatic rings. The summed E-state index contributed by atoms with van der Waals surface area (Å²) in [6, 6.07) is 2.22. The maximum absolute atomic E-state index is 11.2. The van der Waals surface area contributed by atoms with Crippen molar-refractivity contribution in [1.82, 2.24) is 9.47 Å². The minimum Gasteiger partial charge on any atom is -0.478 e. The molecule has 1 saturated heterocycles. The summed E-state index contributed by atoms with van der Waals surface area (Å²) in [6.45, 7) is 9.37. The van der Waals surface area contributed by atoms with Gasteiger partial charge in [0, 0.05) is 24.0 Å². The number of aromatic carboxylic acids is 1. The van der Waals surface area contributed by atoms with Gasteiger partial charge in [0.15, 0.2) is 0 Å². The molecule has 0 radical (unpaired) electrons. The lowest BCUT2D eigenvalue weighted by Gasteiger charge is -2.34. The molecule has 0 aliphatic carbocycles. The molecule has 0 saturated carbocycles. The van der Waals surface area contributed by atoms with Crippen molar-refractivity contribution in [3.63, 3.8) is 0 Å². The molecule has 4 nitrogen and oxygen atoms in total. The van der Waals surface area contributed by atoms with Crippen LogP contribution in [0.25, 0.3) is 0 Å². The average Bonchev–Trinajstić information content (AvgIpc) is 2.65. The second kappa shape index (κ2) is 5.14. The van der Waals surface area contributed by atoms with Crippen LogP contribution in [0.3, 0.4) is 0 Å². The van der Waals surface area contributed by atoms with Crippen LogP contribution in [0.15, 0.2) is 6.07 Å². The number of likely N-dealkylation sites (N-methyl/N-ethyl adjacent to an activating group) is 1. The molecule has 1 aromatic heterocycles. The third-order valence-corrected chi connectivity index (χ3v) is 4.01. The lowest BCUT2D eigenvalue weighted by Crippen LogP contribution is -2.36. The Kier molecular flexibility index (Phi) is 3.76. The summed E-state index contributed by atoms with van der Waals surface area (Å²) in [5, 5.41) is 9.18. The smallest absolute Gasteiger partial charge is 0.337 e. The average molecular weight is 250 g/mol. The van der Waals surface area contributed by atoms with Gasteiger partial charge in [-0.1, -0.05) is 6.92 Å². The van der Waals surface area contributed by atoms with Gasteiger partial charge in [0.2, 0.25) is 0 Å². The Morgan fingerprint density at radius 3 is 2.78 bits per heavy atom. The van der Waals surface area contributed by atoms with Crippen LogP contribution < -0.4 is 0 Å². The van der Waals surface area contributed by atoms with Crippen molar-refractivity contribution in [2.75, 3.05) is 19.6 Å². The van der Waals surface area contributed by atoms with Crippen LogP contribution in [0, 0.1) is 13.8 Å². The molecule has 1 atom stereocenters. The first kappa shape index (κ1) is 13.1. The predicted molar refractivity (Wildman–Crippen MR) is 71.3 cm³/mol. The summed E-state index contributed by atoms with van der Waals surface area (Å²) < 4.78 is 2.21. The normalized spacial score (nSPS) is 21.2. The van der Waals surface area contributed by atoms with E-state index in [1.54, 1.807) is 6.07 Å². The number of nitrogens with zero attached hydrogens (tertiary/aromatic N) is 2. The molecule has 1 unspecified atom stereocenters. The summed E-state index contributed by atoms with van der Waals surface area (Å²) in [5.41, 5.74) is 2.40. The minimum absolute atomic E-state index is 0.423. The number of aryl methyl sites for hydroxylation is 1. The van der Waals surface area contributed by atoms with Crippen LogP contribution in [0.4, 0.5) is 0 Å². The summed E-state index contributed by atoms with van der Waals surface area (Å²) in [6.07, 6.45) is 2.34. The first-order valence-corrected chi connectivity index (χ1v) is 6.68. The van der Waals surface area contributed by atoms with Gasteiger partial charge in [-0.25, -0.2) is 4.79 Å². The Morgan fingerprint density at radius 1 is 1.50 bits per heavy atom. The number of carboxylic acid groups (broad SMARTS) is 1. The van der Waals surface area contributed by atoms with E-state index in [4.69, 9.17) is 0 Å². The Hall–Kier alpha value is -1.29.